The number of hydrogen-bond donors (Lipinski definition) is 1. The summed E-state index contributed by atoms with van der Waals surface area (Å²) in [6.07, 6.45) is 5.33. The first-order chi connectivity index (χ1) is 6.24. The highest BCUT2D eigenvalue weighted by molar-refractivity contribution is 9.10. The van der Waals surface area contributed by atoms with Crippen molar-refractivity contribution in [3.8, 4) is 0 Å². The van der Waals surface area contributed by atoms with Crippen LogP contribution in [0.4, 0.5) is 0 Å². The summed E-state index contributed by atoms with van der Waals surface area (Å²) in [5.41, 5.74) is 2.58. The Morgan fingerprint density at radius 3 is 2.92 bits per heavy atom. The molecular formula is C11H13BrS. The maximum atomic E-state index is 4.15. The largest absolute Gasteiger partial charge is 0.179 e. The zero-order chi connectivity index (χ0) is 9.68. The highest BCUT2D eigenvalue weighted by atomic mass is 79.9. The van der Waals surface area contributed by atoms with Crippen molar-refractivity contribution in [2.75, 3.05) is 5.75 Å². The normalized spacial score (nSPS) is 11.0. The number of aryl methyl sites for hydroxylation is 1. The van der Waals surface area contributed by atoms with Gasteiger partial charge in [-0.2, -0.15) is 12.6 Å². The molecule has 0 unspecified atom stereocenters. The van der Waals surface area contributed by atoms with E-state index in [1.807, 2.05) is 0 Å². The van der Waals surface area contributed by atoms with E-state index in [9.17, 15) is 0 Å². The van der Waals surface area contributed by atoms with Crippen LogP contribution in [0.25, 0.3) is 6.08 Å². The summed E-state index contributed by atoms with van der Waals surface area (Å²) in [5, 5.41) is 0. The molecule has 0 heterocycles. The number of allylic oxidation sites excluding steroid dienone is 1. The zero-order valence-electron chi connectivity index (χ0n) is 7.63. The third-order valence-electron chi connectivity index (χ3n) is 1.83. The molecule has 1 aromatic rings. The molecule has 1 rings (SSSR count). The Morgan fingerprint density at radius 2 is 2.23 bits per heavy atom. The Hall–Kier alpha value is -0.210. The fourth-order valence-corrected chi connectivity index (χ4v) is 1.60. The third-order valence-corrected chi connectivity index (χ3v) is 2.59. The average Bonchev–Trinajstić information content (AvgIpc) is 2.11. The van der Waals surface area contributed by atoms with E-state index in [0.29, 0.717) is 0 Å². The van der Waals surface area contributed by atoms with Crippen molar-refractivity contribution in [3.05, 3.63) is 39.9 Å². The van der Waals surface area contributed by atoms with Crippen molar-refractivity contribution in [2.24, 2.45) is 0 Å². The molecule has 1 aromatic carbocycles. The van der Waals surface area contributed by atoms with Gasteiger partial charge in [-0.1, -0.05) is 34.1 Å². The lowest BCUT2D eigenvalue weighted by molar-refractivity contribution is 1.26. The standard InChI is InChI=1S/C11H13BrS/c1-9-5-6-11(12)8-10(9)4-2-3-7-13/h2,4-6,8,13H,3,7H2,1H3. The molecular weight excluding hydrogens is 244 g/mol. The summed E-state index contributed by atoms with van der Waals surface area (Å²) < 4.78 is 1.13. The Balaban J connectivity index is 2.81. The predicted molar refractivity (Wildman–Crippen MR) is 66.4 cm³/mol. The molecule has 0 N–H and O–H groups in total. The van der Waals surface area contributed by atoms with Crippen LogP contribution >= 0.6 is 28.6 Å². The van der Waals surface area contributed by atoms with Gasteiger partial charge in [-0.15, -0.1) is 0 Å². The van der Waals surface area contributed by atoms with Gasteiger partial charge in [-0.05, 0) is 42.4 Å². The summed E-state index contributed by atoms with van der Waals surface area (Å²) in [5.74, 6) is 0.906. The van der Waals surface area contributed by atoms with Gasteiger partial charge in [0.1, 0.15) is 0 Å². The van der Waals surface area contributed by atoms with Crippen molar-refractivity contribution in [1.29, 1.82) is 0 Å². The molecule has 70 valence electrons. The van der Waals surface area contributed by atoms with Crippen LogP contribution in [0, 0.1) is 6.92 Å². The van der Waals surface area contributed by atoms with Crippen LogP contribution < -0.4 is 0 Å². The highest BCUT2D eigenvalue weighted by Crippen LogP contribution is 2.17. The molecule has 0 atom stereocenters. The first kappa shape index (κ1) is 10.9. The number of benzene rings is 1. The van der Waals surface area contributed by atoms with Gasteiger partial charge in [0.2, 0.25) is 0 Å². The molecule has 0 spiro atoms. The summed E-state index contributed by atoms with van der Waals surface area (Å²) >= 11 is 7.61. The summed E-state index contributed by atoms with van der Waals surface area (Å²) in [4.78, 5) is 0. The molecule has 2 heteroatoms. The fourth-order valence-electron chi connectivity index (χ4n) is 1.08. The van der Waals surface area contributed by atoms with Crippen LogP contribution in [0.5, 0.6) is 0 Å². The number of hydrogen-bond acceptors (Lipinski definition) is 1. The second-order valence-corrected chi connectivity index (χ2v) is 4.28. The lowest BCUT2D eigenvalue weighted by atomic mass is 10.1. The minimum atomic E-state index is 0.906. The van der Waals surface area contributed by atoms with E-state index < -0.39 is 0 Å². The number of halogens is 1. The molecule has 0 aliphatic rings. The molecule has 0 bridgehead atoms. The van der Waals surface area contributed by atoms with Gasteiger partial charge < -0.3 is 0 Å². The van der Waals surface area contributed by atoms with Crippen molar-refractivity contribution in [2.45, 2.75) is 13.3 Å². The maximum Gasteiger partial charge on any atom is 0.0181 e. The molecule has 0 saturated carbocycles. The Labute approximate surface area is 93.6 Å². The van der Waals surface area contributed by atoms with Crippen molar-refractivity contribution in [3.63, 3.8) is 0 Å². The van der Waals surface area contributed by atoms with Crippen LogP contribution in [-0.2, 0) is 0 Å². The molecule has 0 amide bonds. The lowest BCUT2D eigenvalue weighted by Crippen LogP contribution is -1.79. The Bertz CT molecular complexity index is 305. The Kier molecular flexibility index (Phi) is 4.60. The fraction of sp³-hybridized carbons (Fsp3) is 0.273. The van der Waals surface area contributed by atoms with Gasteiger partial charge in [-0.25, -0.2) is 0 Å². The molecule has 0 aromatic heterocycles. The quantitative estimate of drug-likeness (QED) is 0.774. The van der Waals surface area contributed by atoms with E-state index in [-0.39, 0.29) is 0 Å². The van der Waals surface area contributed by atoms with Crippen LogP contribution in [0.1, 0.15) is 17.5 Å². The molecule has 0 radical (unpaired) electrons. The van der Waals surface area contributed by atoms with Crippen molar-refractivity contribution < 1.29 is 0 Å². The SMILES string of the molecule is Cc1ccc(Br)cc1C=CCCS. The van der Waals surface area contributed by atoms with E-state index >= 15 is 0 Å². The van der Waals surface area contributed by atoms with Crippen LogP contribution in [-0.4, -0.2) is 5.75 Å². The topological polar surface area (TPSA) is 0 Å². The second kappa shape index (κ2) is 5.51. The maximum absolute atomic E-state index is 4.15. The Morgan fingerprint density at radius 1 is 1.46 bits per heavy atom. The van der Waals surface area contributed by atoms with E-state index in [4.69, 9.17) is 0 Å². The minimum absolute atomic E-state index is 0.906. The van der Waals surface area contributed by atoms with E-state index in [1.165, 1.54) is 11.1 Å². The summed E-state index contributed by atoms with van der Waals surface area (Å²) in [7, 11) is 0. The van der Waals surface area contributed by atoms with Gasteiger partial charge in [0.15, 0.2) is 0 Å². The number of thiol groups is 1. The number of rotatable bonds is 3. The molecule has 0 saturated heterocycles. The average molecular weight is 257 g/mol. The minimum Gasteiger partial charge on any atom is -0.179 e. The van der Waals surface area contributed by atoms with E-state index in [1.54, 1.807) is 0 Å². The highest BCUT2D eigenvalue weighted by Gasteiger charge is 1.93. The van der Waals surface area contributed by atoms with Gasteiger partial charge in [0.25, 0.3) is 0 Å². The van der Waals surface area contributed by atoms with Gasteiger partial charge in [-0.3, -0.25) is 0 Å². The van der Waals surface area contributed by atoms with Crippen LogP contribution in [0.15, 0.2) is 28.7 Å². The predicted octanol–water partition coefficient (Wildman–Crippen LogP) is 4.09. The summed E-state index contributed by atoms with van der Waals surface area (Å²) in [6.45, 7) is 2.12. The van der Waals surface area contributed by atoms with Gasteiger partial charge in [0.05, 0.1) is 0 Å². The monoisotopic (exact) mass is 256 g/mol. The molecule has 0 fully saturated rings. The second-order valence-electron chi connectivity index (χ2n) is 2.92. The van der Waals surface area contributed by atoms with Gasteiger partial charge in [0, 0.05) is 4.47 Å². The third kappa shape index (κ3) is 3.57. The molecule has 0 nitrogen and oxygen atoms in total. The first-order valence-electron chi connectivity index (χ1n) is 4.27. The molecule has 13 heavy (non-hydrogen) atoms. The van der Waals surface area contributed by atoms with Gasteiger partial charge >= 0.3 is 0 Å². The van der Waals surface area contributed by atoms with E-state index in [2.05, 4.69) is 65.8 Å². The van der Waals surface area contributed by atoms with Crippen LogP contribution in [0.3, 0.4) is 0 Å². The zero-order valence-corrected chi connectivity index (χ0v) is 10.1. The lowest BCUT2D eigenvalue weighted by Gasteiger charge is -2.00. The molecule has 0 aliphatic heterocycles. The molecule has 0 aliphatic carbocycles. The van der Waals surface area contributed by atoms with Crippen LogP contribution in [0.2, 0.25) is 0 Å². The summed E-state index contributed by atoms with van der Waals surface area (Å²) in [6, 6.07) is 6.31. The first-order valence-corrected chi connectivity index (χ1v) is 5.70. The van der Waals surface area contributed by atoms with Crippen molar-refractivity contribution in [1.82, 2.24) is 0 Å². The van der Waals surface area contributed by atoms with Crippen molar-refractivity contribution >= 4 is 34.6 Å². The smallest absolute Gasteiger partial charge is 0.0181 e. The van der Waals surface area contributed by atoms with E-state index in [0.717, 1.165) is 16.6 Å².